The molecule has 2 aromatic heterocycles. The number of ketones is 1. The highest BCUT2D eigenvalue weighted by Crippen LogP contribution is 2.43. The van der Waals surface area contributed by atoms with Gasteiger partial charge in [-0.1, -0.05) is 0 Å². The first-order valence-electron chi connectivity index (χ1n) is 3.48. The van der Waals surface area contributed by atoms with E-state index in [1.807, 2.05) is 6.07 Å². The molecule has 2 heterocycles. The van der Waals surface area contributed by atoms with Crippen molar-refractivity contribution in [3.05, 3.63) is 18.5 Å². The van der Waals surface area contributed by atoms with Gasteiger partial charge in [0.05, 0.1) is 17.1 Å². The second kappa shape index (κ2) is 3.46. The third kappa shape index (κ3) is 1.63. The van der Waals surface area contributed by atoms with Crippen molar-refractivity contribution in [2.75, 3.05) is 0 Å². The Morgan fingerprint density at radius 1 is 1.31 bits per heavy atom. The lowest BCUT2D eigenvalue weighted by molar-refractivity contribution is 0.102. The summed E-state index contributed by atoms with van der Waals surface area (Å²) in [6, 6.07) is 1.94. The average Bonchev–Trinajstić information content (AvgIpc) is 2.55. The Balaban J connectivity index is 2.76. The minimum absolute atomic E-state index is 0.130. The van der Waals surface area contributed by atoms with Gasteiger partial charge in [0, 0.05) is 5.39 Å². The number of hydrogen-bond acceptors (Lipinski definition) is 3. The maximum atomic E-state index is 11.1. The molecule has 0 aromatic carbocycles. The maximum absolute atomic E-state index is 11.1. The fourth-order valence-corrected chi connectivity index (χ4v) is 5.40. The van der Waals surface area contributed by atoms with Gasteiger partial charge in [-0.05, 0) is 44.8 Å². The lowest BCUT2D eigenvalue weighted by Gasteiger charge is -1.83. The van der Waals surface area contributed by atoms with E-state index >= 15 is 0 Å². The van der Waals surface area contributed by atoms with E-state index in [2.05, 4.69) is 31.9 Å². The van der Waals surface area contributed by atoms with Gasteiger partial charge in [-0.3, -0.25) is 4.79 Å². The molecule has 13 heavy (non-hydrogen) atoms. The van der Waals surface area contributed by atoms with Crippen molar-refractivity contribution in [3.8, 4) is 0 Å². The smallest absolute Gasteiger partial charge is 0.169 e. The van der Waals surface area contributed by atoms with Gasteiger partial charge in [0.15, 0.2) is 5.78 Å². The molecule has 0 N–H and O–H groups in total. The Bertz CT molecular complexity index is 449. The average molecular weight is 340 g/mol. The van der Waals surface area contributed by atoms with Crippen LogP contribution >= 0.6 is 54.5 Å². The molecule has 5 heteroatoms. The van der Waals surface area contributed by atoms with Gasteiger partial charge in [-0.15, -0.1) is 22.7 Å². The Kier molecular flexibility index (Phi) is 2.61. The molecule has 0 atom stereocenters. The van der Waals surface area contributed by atoms with Crippen molar-refractivity contribution in [2.24, 2.45) is 0 Å². The quantitative estimate of drug-likeness (QED) is 0.689. The highest BCUT2D eigenvalue weighted by molar-refractivity contribution is 9.12. The highest BCUT2D eigenvalue weighted by Gasteiger charge is 2.13. The molecule has 0 radical (unpaired) electrons. The van der Waals surface area contributed by atoms with Crippen LogP contribution in [0.3, 0.4) is 0 Å². The molecule has 2 rings (SSSR count). The normalized spacial score (nSPS) is 11.0. The summed E-state index contributed by atoms with van der Waals surface area (Å²) in [4.78, 5) is 11.9. The lowest BCUT2D eigenvalue weighted by atomic mass is 10.3. The van der Waals surface area contributed by atoms with Gasteiger partial charge in [-0.2, -0.15) is 0 Å². The van der Waals surface area contributed by atoms with Crippen molar-refractivity contribution in [1.29, 1.82) is 0 Å². The number of fused-ring (bicyclic) bond motifs is 1. The van der Waals surface area contributed by atoms with Crippen LogP contribution in [0.4, 0.5) is 0 Å². The molecule has 0 amide bonds. The van der Waals surface area contributed by atoms with Crippen LogP contribution in [0.1, 0.15) is 16.6 Å². The summed E-state index contributed by atoms with van der Waals surface area (Å²) in [7, 11) is 0. The third-order valence-electron chi connectivity index (χ3n) is 1.65. The maximum Gasteiger partial charge on any atom is 0.169 e. The summed E-state index contributed by atoms with van der Waals surface area (Å²) in [6.45, 7) is 1.59. The van der Waals surface area contributed by atoms with E-state index in [0.29, 0.717) is 0 Å². The third-order valence-corrected chi connectivity index (χ3v) is 5.87. The fourth-order valence-electron chi connectivity index (χ4n) is 1.04. The molecule has 68 valence electrons. The fraction of sp³-hybridized carbons (Fsp3) is 0.125. The first-order chi connectivity index (χ1) is 6.09. The molecule has 0 aliphatic rings. The van der Waals surface area contributed by atoms with Crippen molar-refractivity contribution in [2.45, 2.75) is 6.92 Å². The van der Waals surface area contributed by atoms with Gasteiger partial charge in [-0.25, -0.2) is 0 Å². The first-order valence-corrected chi connectivity index (χ1v) is 6.69. The van der Waals surface area contributed by atoms with Gasteiger partial charge in [0.1, 0.15) is 0 Å². The number of carbonyl (C=O) groups is 1. The molecule has 2 aromatic rings. The molecule has 0 saturated carbocycles. The van der Waals surface area contributed by atoms with Crippen LogP contribution < -0.4 is 0 Å². The Labute approximate surface area is 100 Å². The predicted molar refractivity (Wildman–Crippen MR) is 65.1 cm³/mol. The number of hydrogen-bond donors (Lipinski definition) is 0. The Hall–Kier alpha value is 0.290. The standard InChI is InChI=1S/C8H4Br2OS2/c1-3(11)5-2-4-6(12-5)8(10)13-7(4)9/h2H,1H3. The zero-order valence-corrected chi connectivity index (χ0v) is 11.4. The molecule has 1 nitrogen and oxygen atoms in total. The van der Waals surface area contributed by atoms with Crippen LogP contribution in [0.2, 0.25) is 0 Å². The topological polar surface area (TPSA) is 17.1 Å². The second-order valence-electron chi connectivity index (χ2n) is 2.56. The number of carbonyl (C=O) groups excluding carboxylic acids is 1. The highest BCUT2D eigenvalue weighted by atomic mass is 79.9. The Morgan fingerprint density at radius 2 is 2.00 bits per heavy atom. The molecular weight excluding hydrogens is 336 g/mol. The molecule has 0 bridgehead atoms. The van der Waals surface area contributed by atoms with E-state index in [1.165, 1.54) is 11.3 Å². The number of thiophene rings is 2. The molecule has 0 aliphatic carbocycles. The van der Waals surface area contributed by atoms with E-state index in [4.69, 9.17) is 0 Å². The molecule has 0 aliphatic heterocycles. The van der Waals surface area contributed by atoms with E-state index < -0.39 is 0 Å². The first kappa shape index (κ1) is 9.83. The minimum Gasteiger partial charge on any atom is -0.294 e. The SMILES string of the molecule is CC(=O)c1cc2c(Br)sc(Br)c2s1. The van der Waals surface area contributed by atoms with E-state index in [0.717, 1.165) is 22.5 Å². The zero-order chi connectivity index (χ0) is 9.59. The van der Waals surface area contributed by atoms with E-state index in [-0.39, 0.29) is 5.78 Å². The number of halogens is 2. The van der Waals surface area contributed by atoms with Crippen LogP contribution in [0, 0.1) is 0 Å². The summed E-state index contributed by atoms with van der Waals surface area (Å²) < 4.78 is 3.33. The lowest BCUT2D eigenvalue weighted by Crippen LogP contribution is -1.83. The van der Waals surface area contributed by atoms with Crippen LogP contribution in [0.15, 0.2) is 13.6 Å². The minimum atomic E-state index is 0.130. The second-order valence-corrected chi connectivity index (χ2v) is 7.27. The van der Waals surface area contributed by atoms with Crippen LogP contribution in [-0.4, -0.2) is 5.78 Å². The van der Waals surface area contributed by atoms with E-state index in [9.17, 15) is 4.79 Å². The summed E-state index contributed by atoms with van der Waals surface area (Å²) >= 11 is 10.1. The molecular formula is C8H4Br2OS2. The van der Waals surface area contributed by atoms with E-state index in [1.54, 1.807) is 18.3 Å². The van der Waals surface area contributed by atoms with Crippen molar-refractivity contribution >= 4 is 70.4 Å². The molecule has 0 spiro atoms. The van der Waals surface area contributed by atoms with Gasteiger partial charge in [0.2, 0.25) is 0 Å². The van der Waals surface area contributed by atoms with Gasteiger partial charge < -0.3 is 0 Å². The summed E-state index contributed by atoms with van der Waals surface area (Å²) in [5, 5.41) is 1.13. The summed E-state index contributed by atoms with van der Waals surface area (Å²) in [5.74, 6) is 0.130. The van der Waals surface area contributed by atoms with Crippen molar-refractivity contribution in [1.82, 2.24) is 0 Å². The van der Waals surface area contributed by atoms with Crippen LogP contribution in [0.5, 0.6) is 0 Å². The molecule has 0 unspecified atom stereocenters. The summed E-state index contributed by atoms with van der Waals surface area (Å²) in [5.41, 5.74) is 0. The van der Waals surface area contributed by atoms with Crippen LogP contribution in [0.25, 0.3) is 10.1 Å². The molecule has 0 saturated heterocycles. The Morgan fingerprint density at radius 3 is 2.54 bits per heavy atom. The van der Waals surface area contributed by atoms with Crippen LogP contribution in [-0.2, 0) is 0 Å². The van der Waals surface area contributed by atoms with Crippen molar-refractivity contribution in [3.63, 3.8) is 0 Å². The number of Topliss-reactive ketones (excluding diaryl/α,β-unsaturated/α-hetero) is 1. The monoisotopic (exact) mass is 338 g/mol. The number of rotatable bonds is 1. The zero-order valence-electron chi connectivity index (χ0n) is 6.56. The summed E-state index contributed by atoms with van der Waals surface area (Å²) in [6.07, 6.45) is 0. The largest absolute Gasteiger partial charge is 0.294 e. The van der Waals surface area contributed by atoms with Gasteiger partial charge >= 0.3 is 0 Å². The predicted octanol–water partition coefficient (Wildman–Crippen LogP) is 4.69. The van der Waals surface area contributed by atoms with Crippen molar-refractivity contribution < 1.29 is 4.79 Å². The van der Waals surface area contributed by atoms with Gasteiger partial charge in [0.25, 0.3) is 0 Å². The molecule has 0 fully saturated rings.